The summed E-state index contributed by atoms with van der Waals surface area (Å²) in [5, 5.41) is 8.00. The molecule has 0 atom stereocenters. The normalized spacial score (nSPS) is 11.7. The van der Waals surface area contributed by atoms with Gasteiger partial charge in [-0.15, -0.1) is 11.3 Å². The summed E-state index contributed by atoms with van der Waals surface area (Å²) in [4.78, 5) is 0. The summed E-state index contributed by atoms with van der Waals surface area (Å²) in [7, 11) is 0. The van der Waals surface area contributed by atoms with E-state index in [4.69, 9.17) is 0 Å². The molecule has 0 aliphatic rings. The van der Waals surface area contributed by atoms with Gasteiger partial charge in [-0.2, -0.15) is 0 Å². The maximum absolute atomic E-state index is 2.40. The van der Waals surface area contributed by atoms with Gasteiger partial charge in [0.25, 0.3) is 0 Å². The summed E-state index contributed by atoms with van der Waals surface area (Å²) in [6.45, 7) is 2.26. The number of benzene rings is 6. The molecule has 0 unspecified atom stereocenters. The molecule has 0 saturated heterocycles. The minimum Gasteiger partial charge on any atom is -0.135 e. The van der Waals surface area contributed by atoms with Gasteiger partial charge in [-0.1, -0.05) is 97.1 Å². The predicted molar refractivity (Wildman–Crippen MR) is 150 cm³/mol. The van der Waals surface area contributed by atoms with Crippen molar-refractivity contribution in [1.82, 2.24) is 0 Å². The Morgan fingerprint density at radius 1 is 0.471 bits per heavy atom. The van der Waals surface area contributed by atoms with Gasteiger partial charge in [0.2, 0.25) is 0 Å². The van der Waals surface area contributed by atoms with Crippen LogP contribution in [0.2, 0.25) is 0 Å². The maximum Gasteiger partial charge on any atom is 0.0361 e. The second-order valence-electron chi connectivity index (χ2n) is 8.95. The van der Waals surface area contributed by atoms with Crippen molar-refractivity contribution in [2.45, 2.75) is 6.92 Å². The SMILES string of the molecule is Cc1c2ccccc2c(-c2cccc3sc4ccccc4c23)c2cc(-c3ccccc3)ccc12. The molecular weight excluding hydrogens is 428 g/mol. The fourth-order valence-corrected chi connectivity index (χ4v) is 6.61. The summed E-state index contributed by atoms with van der Waals surface area (Å²) in [5.74, 6) is 0. The van der Waals surface area contributed by atoms with Crippen LogP contribution in [0, 0.1) is 6.92 Å². The third kappa shape index (κ3) is 2.84. The van der Waals surface area contributed by atoms with Crippen LogP contribution in [-0.4, -0.2) is 0 Å². The van der Waals surface area contributed by atoms with E-state index < -0.39 is 0 Å². The van der Waals surface area contributed by atoms with E-state index in [0.29, 0.717) is 0 Å². The molecule has 160 valence electrons. The second kappa shape index (κ2) is 7.55. The molecule has 6 aromatic carbocycles. The predicted octanol–water partition coefficient (Wildman–Crippen LogP) is 10.0. The van der Waals surface area contributed by atoms with Crippen LogP contribution in [0.5, 0.6) is 0 Å². The van der Waals surface area contributed by atoms with Gasteiger partial charge in [0.15, 0.2) is 0 Å². The lowest BCUT2D eigenvalue weighted by molar-refractivity contribution is 1.57. The maximum atomic E-state index is 2.40. The lowest BCUT2D eigenvalue weighted by Gasteiger charge is -2.17. The lowest BCUT2D eigenvalue weighted by atomic mass is 9.86. The van der Waals surface area contributed by atoms with Crippen LogP contribution in [0.25, 0.3) is 64.0 Å². The Kier molecular flexibility index (Phi) is 4.33. The summed E-state index contributed by atoms with van der Waals surface area (Å²) in [6.07, 6.45) is 0. The van der Waals surface area contributed by atoms with Gasteiger partial charge < -0.3 is 0 Å². The Morgan fingerprint density at radius 2 is 1.15 bits per heavy atom. The molecule has 0 amide bonds. The van der Waals surface area contributed by atoms with E-state index in [0.717, 1.165) is 0 Å². The molecule has 0 fully saturated rings. The van der Waals surface area contributed by atoms with E-state index in [1.54, 1.807) is 0 Å². The fourth-order valence-electron chi connectivity index (χ4n) is 5.48. The Bertz CT molecular complexity index is 1860. The number of hydrogen-bond acceptors (Lipinski definition) is 1. The topological polar surface area (TPSA) is 0 Å². The van der Waals surface area contributed by atoms with Gasteiger partial charge in [-0.25, -0.2) is 0 Å². The van der Waals surface area contributed by atoms with E-state index >= 15 is 0 Å². The highest BCUT2D eigenvalue weighted by molar-refractivity contribution is 7.25. The van der Waals surface area contributed by atoms with Gasteiger partial charge in [0.05, 0.1) is 0 Å². The largest absolute Gasteiger partial charge is 0.135 e. The van der Waals surface area contributed by atoms with Crippen molar-refractivity contribution in [2.24, 2.45) is 0 Å². The highest BCUT2D eigenvalue weighted by Gasteiger charge is 2.18. The average Bonchev–Trinajstić information content (AvgIpc) is 3.28. The van der Waals surface area contributed by atoms with Gasteiger partial charge in [-0.3, -0.25) is 0 Å². The molecular formula is C33H22S. The van der Waals surface area contributed by atoms with Crippen molar-refractivity contribution >= 4 is 53.1 Å². The average molecular weight is 451 g/mol. The molecule has 1 aromatic heterocycles. The van der Waals surface area contributed by atoms with Gasteiger partial charge >= 0.3 is 0 Å². The first-order valence-corrected chi connectivity index (χ1v) is 12.5. The molecule has 0 spiro atoms. The second-order valence-corrected chi connectivity index (χ2v) is 10.0. The number of aryl methyl sites for hydroxylation is 1. The Morgan fingerprint density at radius 3 is 2.00 bits per heavy atom. The first kappa shape index (κ1) is 19.5. The molecule has 0 nitrogen and oxygen atoms in total. The lowest BCUT2D eigenvalue weighted by Crippen LogP contribution is -1.91. The smallest absolute Gasteiger partial charge is 0.0361 e. The molecule has 0 aliphatic heterocycles. The van der Waals surface area contributed by atoms with Crippen LogP contribution < -0.4 is 0 Å². The highest BCUT2D eigenvalue weighted by atomic mass is 32.1. The number of fused-ring (bicyclic) bond motifs is 5. The summed E-state index contributed by atoms with van der Waals surface area (Å²) in [6, 6.07) is 42.2. The molecule has 1 heteroatoms. The Labute approximate surface area is 202 Å². The summed E-state index contributed by atoms with van der Waals surface area (Å²) >= 11 is 1.88. The van der Waals surface area contributed by atoms with Gasteiger partial charge in [0.1, 0.15) is 0 Å². The highest BCUT2D eigenvalue weighted by Crippen LogP contribution is 2.46. The number of hydrogen-bond donors (Lipinski definition) is 0. The van der Waals surface area contributed by atoms with Crippen molar-refractivity contribution in [2.75, 3.05) is 0 Å². The van der Waals surface area contributed by atoms with Gasteiger partial charge in [-0.05, 0) is 74.5 Å². The van der Waals surface area contributed by atoms with Crippen LogP contribution >= 0.6 is 11.3 Å². The summed E-state index contributed by atoms with van der Waals surface area (Å²) in [5.41, 5.74) is 6.51. The Balaban J connectivity index is 1.68. The summed E-state index contributed by atoms with van der Waals surface area (Å²) < 4.78 is 2.69. The standard InChI is InChI=1S/C33H22S/c1-21-24-12-5-6-13-26(24)32(29-20-23(18-19-25(21)29)22-10-3-2-4-11-22)28-15-9-17-31-33(28)27-14-7-8-16-30(27)34-31/h2-20H,1H3. The molecule has 7 rings (SSSR count). The fraction of sp³-hybridized carbons (Fsp3) is 0.0303. The van der Waals surface area contributed by atoms with E-state index in [2.05, 4.69) is 122 Å². The third-order valence-corrected chi connectivity index (χ3v) is 8.21. The van der Waals surface area contributed by atoms with E-state index in [1.165, 1.54) is 69.5 Å². The first-order chi connectivity index (χ1) is 16.8. The van der Waals surface area contributed by atoms with E-state index in [9.17, 15) is 0 Å². The zero-order valence-corrected chi connectivity index (χ0v) is 19.7. The van der Waals surface area contributed by atoms with Crippen LogP contribution in [-0.2, 0) is 0 Å². The molecule has 7 aromatic rings. The minimum atomic E-state index is 1.25. The zero-order chi connectivity index (χ0) is 22.6. The van der Waals surface area contributed by atoms with Crippen LogP contribution in [0.3, 0.4) is 0 Å². The molecule has 0 N–H and O–H groups in total. The van der Waals surface area contributed by atoms with Crippen molar-refractivity contribution in [1.29, 1.82) is 0 Å². The van der Waals surface area contributed by atoms with Crippen LogP contribution in [0.15, 0.2) is 115 Å². The van der Waals surface area contributed by atoms with Crippen LogP contribution in [0.1, 0.15) is 5.56 Å². The van der Waals surface area contributed by atoms with Crippen LogP contribution in [0.4, 0.5) is 0 Å². The first-order valence-electron chi connectivity index (χ1n) is 11.7. The monoisotopic (exact) mass is 450 g/mol. The van der Waals surface area contributed by atoms with E-state index in [-0.39, 0.29) is 0 Å². The minimum absolute atomic E-state index is 1.25. The van der Waals surface area contributed by atoms with Crippen molar-refractivity contribution in [3.05, 3.63) is 121 Å². The van der Waals surface area contributed by atoms with Crippen molar-refractivity contribution < 1.29 is 0 Å². The van der Waals surface area contributed by atoms with Crippen molar-refractivity contribution in [3.63, 3.8) is 0 Å². The molecule has 0 radical (unpaired) electrons. The number of thiophene rings is 1. The van der Waals surface area contributed by atoms with Gasteiger partial charge in [0, 0.05) is 20.2 Å². The molecule has 0 saturated carbocycles. The number of rotatable bonds is 2. The zero-order valence-electron chi connectivity index (χ0n) is 18.9. The molecule has 1 heterocycles. The molecule has 0 aliphatic carbocycles. The van der Waals surface area contributed by atoms with E-state index in [1.807, 2.05) is 11.3 Å². The Hall–Kier alpha value is -3.94. The molecule has 0 bridgehead atoms. The van der Waals surface area contributed by atoms with Crippen molar-refractivity contribution in [3.8, 4) is 22.3 Å². The molecule has 34 heavy (non-hydrogen) atoms. The third-order valence-electron chi connectivity index (χ3n) is 7.07. The quantitative estimate of drug-likeness (QED) is 0.230.